The first-order valence-corrected chi connectivity index (χ1v) is 17.5. The van der Waals surface area contributed by atoms with Crippen LogP contribution >= 0.6 is 10.3 Å². The van der Waals surface area contributed by atoms with Crippen LogP contribution < -0.4 is 4.74 Å². The van der Waals surface area contributed by atoms with Crippen LogP contribution in [0.25, 0.3) is 0 Å². The van der Waals surface area contributed by atoms with Crippen molar-refractivity contribution in [2.45, 2.75) is 128 Å². The summed E-state index contributed by atoms with van der Waals surface area (Å²) < 4.78 is 46.3. The highest BCUT2D eigenvalue weighted by atomic mass is 32.3. The molecule has 2 heterocycles. The first-order valence-electron chi connectivity index (χ1n) is 15.2. The number of fused-ring (bicyclic) bond motifs is 4. The molecule has 0 amide bonds. The quantitative estimate of drug-likeness (QED) is 0.336. The molecular formula is C34H49F2NO3S. The number of ether oxygens (including phenoxy) is 2. The van der Waals surface area contributed by atoms with E-state index in [1.807, 2.05) is 12.1 Å². The van der Waals surface area contributed by atoms with Gasteiger partial charge in [-0.25, -0.2) is 0 Å². The fraction of sp³-hybridized carbons (Fsp3) is 0.676. The maximum atomic E-state index is 13.5. The van der Waals surface area contributed by atoms with Gasteiger partial charge in [0.2, 0.25) is 0 Å². The fourth-order valence-electron chi connectivity index (χ4n) is 6.82. The summed E-state index contributed by atoms with van der Waals surface area (Å²) in [4.78, 5) is 5.44. The predicted molar refractivity (Wildman–Crippen MR) is 164 cm³/mol. The zero-order chi connectivity index (χ0) is 30.2. The predicted octanol–water partition coefficient (Wildman–Crippen LogP) is 9.89. The summed E-state index contributed by atoms with van der Waals surface area (Å²) in [5, 5.41) is 0. The van der Waals surface area contributed by atoms with E-state index < -0.39 is 16.4 Å². The molecule has 1 spiro atoms. The summed E-state index contributed by atoms with van der Waals surface area (Å²) in [6.45, 7) is 16.7. The normalized spacial score (nSPS) is 24.0. The molecule has 1 aromatic carbocycles. The Balaban J connectivity index is 1.71. The average Bonchev–Trinajstić information content (AvgIpc) is 3.41. The van der Waals surface area contributed by atoms with Crippen LogP contribution in [0.3, 0.4) is 0 Å². The largest absolute Gasteiger partial charge is 0.433 e. The number of aromatic nitrogens is 1. The van der Waals surface area contributed by atoms with Crippen molar-refractivity contribution >= 4 is 10.3 Å². The van der Waals surface area contributed by atoms with E-state index in [0.29, 0.717) is 0 Å². The van der Waals surface area contributed by atoms with Crippen molar-refractivity contribution in [1.82, 2.24) is 4.98 Å². The molecule has 0 bridgehead atoms. The lowest BCUT2D eigenvalue weighted by Crippen LogP contribution is -2.35. The van der Waals surface area contributed by atoms with Gasteiger partial charge in [0.05, 0.1) is 11.7 Å². The van der Waals surface area contributed by atoms with Crippen LogP contribution in [0, 0.1) is 5.41 Å². The van der Waals surface area contributed by atoms with Gasteiger partial charge in [-0.2, -0.15) is 8.78 Å². The van der Waals surface area contributed by atoms with Crippen LogP contribution in [0.15, 0.2) is 24.3 Å². The number of nitrogens with zero attached hydrogens (tertiary/aromatic N) is 1. The number of halogens is 2. The molecule has 41 heavy (non-hydrogen) atoms. The van der Waals surface area contributed by atoms with Gasteiger partial charge in [-0.05, 0) is 72.8 Å². The number of hydrogen-bond donors (Lipinski definition) is 0. The molecule has 1 aromatic heterocycles. The van der Waals surface area contributed by atoms with Gasteiger partial charge in [-0.15, -0.1) is 10.3 Å². The Morgan fingerprint density at radius 3 is 2.15 bits per heavy atom. The van der Waals surface area contributed by atoms with Crippen molar-refractivity contribution in [2.24, 2.45) is 5.41 Å². The maximum absolute atomic E-state index is 13.5. The van der Waals surface area contributed by atoms with Gasteiger partial charge in [0.25, 0.3) is 0 Å². The molecule has 2 atom stereocenters. The number of hydrogen-bond acceptors (Lipinski definition) is 4. The van der Waals surface area contributed by atoms with Gasteiger partial charge in [0.1, 0.15) is 11.9 Å². The SMILES string of the molecule is CC(C)c1nc2c(c3c1[C@@H](c1ccc(OC(C)(F)F)cc1)OC31CCCC1)[C@@H](OS(C)(C)C(C)(C)C)CC(C)(C)C2. The van der Waals surface area contributed by atoms with E-state index in [1.54, 1.807) is 12.1 Å². The third kappa shape index (κ3) is 5.80. The lowest BCUT2D eigenvalue weighted by atomic mass is 9.70. The lowest BCUT2D eigenvalue weighted by Gasteiger charge is -2.49. The molecule has 0 radical (unpaired) electrons. The molecule has 2 aliphatic carbocycles. The minimum Gasteiger partial charge on any atom is -0.433 e. The monoisotopic (exact) mass is 589 g/mol. The minimum atomic E-state index is -3.23. The molecule has 1 aliphatic heterocycles. The highest BCUT2D eigenvalue weighted by Gasteiger charge is 2.53. The van der Waals surface area contributed by atoms with Gasteiger partial charge in [-0.1, -0.05) is 73.4 Å². The van der Waals surface area contributed by atoms with Crippen LogP contribution in [0.2, 0.25) is 0 Å². The average molecular weight is 590 g/mol. The van der Waals surface area contributed by atoms with Crippen molar-refractivity contribution < 1.29 is 22.4 Å². The molecule has 3 aliphatic rings. The van der Waals surface area contributed by atoms with E-state index in [0.717, 1.165) is 56.7 Å². The van der Waals surface area contributed by atoms with Gasteiger partial charge in [0.15, 0.2) is 0 Å². The lowest BCUT2D eigenvalue weighted by molar-refractivity contribution is -0.158. The van der Waals surface area contributed by atoms with Crippen LogP contribution in [0.4, 0.5) is 8.78 Å². The summed E-state index contributed by atoms with van der Waals surface area (Å²) in [7, 11) is -1.40. The molecule has 5 rings (SSSR count). The molecule has 0 unspecified atom stereocenters. The topological polar surface area (TPSA) is 40.6 Å². The van der Waals surface area contributed by atoms with Gasteiger partial charge in [-0.3, -0.25) is 4.98 Å². The van der Waals surface area contributed by atoms with Crippen LogP contribution in [0.5, 0.6) is 5.75 Å². The zero-order valence-corrected chi connectivity index (χ0v) is 27.4. The van der Waals surface area contributed by atoms with Crippen molar-refractivity contribution in [2.75, 3.05) is 12.5 Å². The number of benzene rings is 1. The first-order chi connectivity index (χ1) is 18.8. The van der Waals surface area contributed by atoms with Gasteiger partial charge < -0.3 is 13.7 Å². The Kier molecular flexibility index (Phi) is 7.64. The van der Waals surface area contributed by atoms with E-state index >= 15 is 0 Å². The van der Waals surface area contributed by atoms with Gasteiger partial charge >= 0.3 is 6.11 Å². The number of rotatable bonds is 6. The number of pyridine rings is 1. The highest BCUT2D eigenvalue weighted by Crippen LogP contribution is 2.63. The Morgan fingerprint density at radius 1 is 1.00 bits per heavy atom. The standard InChI is InChI=1S/C34H49F2NO3S/c1-21(2)29-27-28(26-24(37-29)19-32(6,7)20-25(26)40-41(9,10)31(3,4)5)34(17-11-12-18-34)39-30(27)22-13-15-23(16-14-22)38-33(8,35)36/h13-16,21,25,30H,11-12,17-20H2,1-10H3/t25-,30+/m0/s1. The smallest absolute Gasteiger partial charge is 0.394 e. The molecule has 228 valence electrons. The van der Waals surface area contributed by atoms with E-state index in [-0.39, 0.29) is 39.6 Å². The van der Waals surface area contributed by atoms with Crippen molar-refractivity contribution in [3.8, 4) is 5.75 Å². The molecular weight excluding hydrogens is 540 g/mol. The Morgan fingerprint density at radius 2 is 1.61 bits per heavy atom. The maximum Gasteiger partial charge on any atom is 0.394 e. The second kappa shape index (κ2) is 10.2. The van der Waals surface area contributed by atoms with E-state index in [1.165, 1.54) is 22.4 Å². The summed E-state index contributed by atoms with van der Waals surface area (Å²) in [6, 6.07) is 6.99. The van der Waals surface area contributed by atoms with Gasteiger partial charge in [0, 0.05) is 34.2 Å². The summed E-state index contributed by atoms with van der Waals surface area (Å²) in [5.74, 6) is 0.352. The summed E-state index contributed by atoms with van der Waals surface area (Å²) in [6.07, 6.45) is 7.03. The van der Waals surface area contributed by atoms with E-state index in [9.17, 15) is 8.78 Å². The molecule has 1 fully saturated rings. The second-order valence-corrected chi connectivity index (χ2v) is 18.8. The third-order valence-corrected chi connectivity index (χ3v) is 13.1. The Hall–Kier alpha value is -1.70. The third-order valence-electron chi connectivity index (χ3n) is 9.42. The summed E-state index contributed by atoms with van der Waals surface area (Å²) >= 11 is 0. The summed E-state index contributed by atoms with van der Waals surface area (Å²) in [5.41, 5.74) is 6.65. The molecule has 4 nitrogen and oxygen atoms in total. The van der Waals surface area contributed by atoms with Crippen molar-refractivity contribution in [3.05, 3.63) is 57.9 Å². The fourth-order valence-corrected chi connectivity index (χ4v) is 7.85. The highest BCUT2D eigenvalue weighted by molar-refractivity contribution is 8.29. The Bertz CT molecular complexity index is 1290. The van der Waals surface area contributed by atoms with Crippen LogP contribution in [-0.4, -0.2) is 28.4 Å². The van der Waals surface area contributed by atoms with Crippen LogP contribution in [0.1, 0.15) is 139 Å². The van der Waals surface area contributed by atoms with Crippen molar-refractivity contribution in [3.63, 3.8) is 0 Å². The molecule has 2 aromatic rings. The zero-order valence-electron chi connectivity index (χ0n) is 26.6. The second-order valence-electron chi connectivity index (χ2n) is 15.0. The molecule has 7 heteroatoms. The minimum absolute atomic E-state index is 0.0341. The molecule has 1 saturated carbocycles. The van der Waals surface area contributed by atoms with E-state index in [4.69, 9.17) is 18.6 Å². The molecule has 0 N–H and O–H groups in total. The molecule has 0 saturated heterocycles. The van der Waals surface area contributed by atoms with Crippen molar-refractivity contribution in [1.29, 1.82) is 0 Å². The number of alkyl halides is 2. The van der Waals surface area contributed by atoms with E-state index in [2.05, 4.69) is 61.0 Å². The Labute approximate surface area is 247 Å². The van der Waals surface area contributed by atoms with Crippen LogP contribution in [-0.2, 0) is 20.9 Å². The first kappa shape index (κ1) is 30.7.